The first-order chi connectivity index (χ1) is 9.91. The molecule has 0 bridgehead atoms. The van der Waals surface area contributed by atoms with Crippen LogP contribution in [0.1, 0.15) is 28.5 Å². The summed E-state index contributed by atoms with van der Waals surface area (Å²) in [6.07, 6.45) is -0.0182. The third kappa shape index (κ3) is 3.59. The fourth-order valence-corrected chi connectivity index (χ4v) is 1.83. The number of ketones is 1. The van der Waals surface area contributed by atoms with Crippen molar-refractivity contribution in [2.75, 3.05) is 0 Å². The number of alkyl halides is 3. The molecule has 1 aromatic heterocycles. The molecule has 0 aliphatic rings. The van der Waals surface area contributed by atoms with Gasteiger partial charge in [0.2, 0.25) is 5.78 Å². The molecule has 0 fully saturated rings. The van der Waals surface area contributed by atoms with E-state index in [1.807, 2.05) is 6.92 Å². The number of aryl methyl sites for hydroxylation is 1. The Balaban J connectivity index is 2.13. The highest BCUT2D eigenvalue weighted by Crippen LogP contribution is 2.29. The highest BCUT2D eigenvalue weighted by Gasteiger charge is 2.29. The van der Waals surface area contributed by atoms with Crippen molar-refractivity contribution in [2.45, 2.75) is 19.6 Å². The van der Waals surface area contributed by atoms with Gasteiger partial charge in [-0.3, -0.25) is 9.48 Å². The molecule has 1 heterocycles. The molecule has 0 atom stereocenters. The van der Waals surface area contributed by atoms with Gasteiger partial charge in [-0.05, 0) is 36.8 Å². The number of hydrogen-bond acceptors (Lipinski definition) is 2. The monoisotopic (exact) mass is 294 g/mol. The number of benzene rings is 1. The van der Waals surface area contributed by atoms with Crippen LogP contribution in [0, 0.1) is 0 Å². The zero-order valence-electron chi connectivity index (χ0n) is 11.3. The van der Waals surface area contributed by atoms with Crippen LogP contribution in [0.15, 0.2) is 42.6 Å². The quantitative estimate of drug-likeness (QED) is 0.634. The second-order valence-corrected chi connectivity index (χ2v) is 4.35. The first-order valence-electron chi connectivity index (χ1n) is 6.33. The largest absolute Gasteiger partial charge is 0.416 e. The maximum Gasteiger partial charge on any atom is 0.416 e. The molecule has 0 aliphatic heterocycles. The molecule has 110 valence electrons. The molecule has 0 N–H and O–H groups in total. The lowest BCUT2D eigenvalue weighted by molar-refractivity contribution is -0.137. The van der Waals surface area contributed by atoms with E-state index < -0.39 is 11.7 Å². The van der Waals surface area contributed by atoms with E-state index in [0.29, 0.717) is 17.8 Å². The van der Waals surface area contributed by atoms with E-state index in [0.717, 1.165) is 12.1 Å². The maximum absolute atomic E-state index is 12.4. The Bertz CT molecular complexity index is 654. The van der Waals surface area contributed by atoms with Gasteiger partial charge in [0.25, 0.3) is 0 Å². The lowest BCUT2D eigenvalue weighted by atomic mass is 10.1. The molecule has 1 aromatic carbocycles. The van der Waals surface area contributed by atoms with E-state index >= 15 is 0 Å². The second kappa shape index (κ2) is 5.95. The third-order valence-electron chi connectivity index (χ3n) is 2.93. The average Bonchev–Trinajstić information content (AvgIpc) is 2.92. The molecule has 0 aliphatic carbocycles. The number of hydrogen-bond donors (Lipinski definition) is 0. The number of carbonyl (C=O) groups is 1. The van der Waals surface area contributed by atoms with E-state index in [1.54, 1.807) is 10.7 Å². The Morgan fingerprint density at radius 3 is 2.48 bits per heavy atom. The summed E-state index contributed by atoms with van der Waals surface area (Å²) < 4.78 is 38.8. The van der Waals surface area contributed by atoms with Crippen molar-refractivity contribution in [3.8, 4) is 0 Å². The Hall–Kier alpha value is -2.37. The minimum atomic E-state index is -4.36. The lowest BCUT2D eigenvalue weighted by Gasteiger charge is -2.05. The molecule has 2 aromatic rings. The Morgan fingerprint density at radius 1 is 1.24 bits per heavy atom. The summed E-state index contributed by atoms with van der Waals surface area (Å²) in [7, 11) is 0. The third-order valence-corrected chi connectivity index (χ3v) is 2.93. The van der Waals surface area contributed by atoms with Crippen LogP contribution in [-0.2, 0) is 12.7 Å². The normalized spacial score (nSPS) is 12.0. The Morgan fingerprint density at radius 2 is 1.90 bits per heavy atom. The van der Waals surface area contributed by atoms with Gasteiger partial charge in [0.05, 0.1) is 5.56 Å². The first kappa shape index (κ1) is 15.0. The zero-order chi connectivity index (χ0) is 15.5. The van der Waals surface area contributed by atoms with Crippen molar-refractivity contribution in [3.63, 3.8) is 0 Å². The van der Waals surface area contributed by atoms with Crippen LogP contribution < -0.4 is 0 Å². The Kier molecular flexibility index (Phi) is 4.26. The van der Waals surface area contributed by atoms with Gasteiger partial charge in [-0.1, -0.05) is 18.2 Å². The average molecular weight is 294 g/mol. The highest BCUT2D eigenvalue weighted by molar-refractivity contribution is 6.05. The smallest absolute Gasteiger partial charge is 0.288 e. The van der Waals surface area contributed by atoms with E-state index in [-0.39, 0.29) is 5.78 Å². The number of rotatable bonds is 4. The van der Waals surface area contributed by atoms with Gasteiger partial charge in [0.1, 0.15) is 5.69 Å². The predicted molar refractivity (Wildman–Crippen MR) is 72.7 cm³/mol. The van der Waals surface area contributed by atoms with Gasteiger partial charge in [0.15, 0.2) is 0 Å². The molecule has 0 saturated heterocycles. The summed E-state index contributed by atoms with van der Waals surface area (Å²) in [5, 5.41) is 3.99. The molecule has 0 spiro atoms. The van der Waals surface area contributed by atoms with Crippen molar-refractivity contribution >= 4 is 11.9 Å². The minimum Gasteiger partial charge on any atom is -0.288 e. The van der Waals surface area contributed by atoms with Gasteiger partial charge in [-0.15, -0.1) is 0 Å². The number of aromatic nitrogens is 2. The fourth-order valence-electron chi connectivity index (χ4n) is 1.83. The van der Waals surface area contributed by atoms with Gasteiger partial charge in [-0.25, -0.2) is 0 Å². The SMILES string of the molecule is CCn1nccc1C(=O)/C=C/c1ccc(C(F)(F)F)cc1. The Labute approximate surface area is 119 Å². The first-order valence-corrected chi connectivity index (χ1v) is 6.33. The van der Waals surface area contributed by atoms with E-state index in [1.165, 1.54) is 30.5 Å². The predicted octanol–water partition coefficient (Wildman–Crippen LogP) is 3.82. The summed E-state index contributed by atoms with van der Waals surface area (Å²) in [6, 6.07) is 6.22. The topological polar surface area (TPSA) is 34.9 Å². The molecular weight excluding hydrogens is 281 g/mol. The van der Waals surface area contributed by atoms with Crippen molar-refractivity contribution in [3.05, 3.63) is 59.4 Å². The zero-order valence-corrected chi connectivity index (χ0v) is 11.3. The molecular formula is C15H13F3N2O. The van der Waals surface area contributed by atoms with Crippen LogP contribution in [0.3, 0.4) is 0 Å². The van der Waals surface area contributed by atoms with Gasteiger partial charge < -0.3 is 0 Å². The van der Waals surface area contributed by atoms with Crippen LogP contribution in [0.2, 0.25) is 0 Å². The fraction of sp³-hybridized carbons (Fsp3) is 0.200. The highest BCUT2D eigenvalue weighted by atomic mass is 19.4. The van der Waals surface area contributed by atoms with Crippen LogP contribution >= 0.6 is 0 Å². The summed E-state index contributed by atoms with van der Waals surface area (Å²) >= 11 is 0. The van der Waals surface area contributed by atoms with Gasteiger partial charge in [-0.2, -0.15) is 18.3 Å². The molecule has 21 heavy (non-hydrogen) atoms. The molecule has 0 unspecified atom stereocenters. The molecule has 0 amide bonds. The lowest BCUT2D eigenvalue weighted by Crippen LogP contribution is -2.07. The van der Waals surface area contributed by atoms with E-state index in [9.17, 15) is 18.0 Å². The molecule has 0 saturated carbocycles. The van der Waals surface area contributed by atoms with Gasteiger partial charge >= 0.3 is 6.18 Å². The minimum absolute atomic E-state index is 0.241. The summed E-state index contributed by atoms with van der Waals surface area (Å²) in [5.74, 6) is -0.241. The standard InChI is InChI=1S/C15H13F3N2O/c1-2-20-13(9-10-19-20)14(21)8-5-11-3-6-12(7-4-11)15(16,17)18/h3-10H,2H2,1H3/b8-5+. The van der Waals surface area contributed by atoms with Crippen molar-refractivity contribution in [2.24, 2.45) is 0 Å². The molecule has 0 radical (unpaired) electrons. The van der Waals surface area contributed by atoms with Crippen molar-refractivity contribution in [1.82, 2.24) is 9.78 Å². The summed E-state index contributed by atoms with van der Waals surface area (Å²) in [5.41, 5.74) is 0.259. The number of carbonyl (C=O) groups excluding carboxylic acids is 1. The van der Waals surface area contributed by atoms with E-state index in [2.05, 4.69) is 5.10 Å². The summed E-state index contributed by atoms with van der Waals surface area (Å²) in [6.45, 7) is 2.44. The van der Waals surface area contributed by atoms with E-state index in [4.69, 9.17) is 0 Å². The molecule has 2 rings (SSSR count). The molecule has 3 nitrogen and oxygen atoms in total. The maximum atomic E-state index is 12.4. The van der Waals surface area contributed by atoms with Crippen LogP contribution in [0.25, 0.3) is 6.08 Å². The van der Waals surface area contributed by atoms with Crippen LogP contribution in [-0.4, -0.2) is 15.6 Å². The second-order valence-electron chi connectivity index (χ2n) is 4.35. The van der Waals surface area contributed by atoms with Crippen molar-refractivity contribution < 1.29 is 18.0 Å². The van der Waals surface area contributed by atoms with Crippen LogP contribution in [0.5, 0.6) is 0 Å². The molecule has 6 heteroatoms. The van der Waals surface area contributed by atoms with Crippen molar-refractivity contribution in [1.29, 1.82) is 0 Å². The van der Waals surface area contributed by atoms with Crippen LogP contribution in [0.4, 0.5) is 13.2 Å². The number of allylic oxidation sites excluding steroid dienone is 1. The summed E-state index contributed by atoms with van der Waals surface area (Å²) in [4.78, 5) is 12.0. The van der Waals surface area contributed by atoms with Gasteiger partial charge in [0, 0.05) is 12.7 Å². The number of halogens is 3. The number of nitrogens with zero attached hydrogens (tertiary/aromatic N) is 2.